The molecule has 1 aromatic heterocycles. The van der Waals surface area contributed by atoms with Crippen LogP contribution in [0.2, 0.25) is 0 Å². The lowest BCUT2D eigenvalue weighted by Gasteiger charge is -2.32. The van der Waals surface area contributed by atoms with Gasteiger partial charge >= 0.3 is 12.1 Å². The Kier molecular flexibility index (Phi) is 4.13. The average Bonchev–Trinajstić information content (AvgIpc) is 2.54. The lowest BCUT2D eigenvalue weighted by atomic mass is 9.96. The van der Waals surface area contributed by atoms with Crippen LogP contribution in [0, 0.1) is 0 Å². The Morgan fingerprint density at radius 2 is 1.96 bits per heavy atom. The molecule has 0 spiro atoms. The van der Waals surface area contributed by atoms with E-state index in [2.05, 4.69) is 9.97 Å². The number of alkyl halides is 3. The van der Waals surface area contributed by atoms with Gasteiger partial charge in [-0.05, 0) is 30.5 Å². The van der Waals surface area contributed by atoms with E-state index in [0.29, 0.717) is 25.1 Å². The first kappa shape index (κ1) is 16.2. The maximum atomic E-state index is 12.5. The molecule has 0 atom stereocenters. The number of rotatable bonds is 3. The molecule has 24 heavy (non-hydrogen) atoms. The molecule has 0 fully saturated rings. The predicted octanol–water partition coefficient (Wildman–Crippen LogP) is 3.15. The molecule has 1 aromatic carbocycles. The first-order valence-electron chi connectivity index (χ1n) is 7.34. The SMILES string of the molecule is O=C(O)c1cccc2c1CCCN2Cc1cnc(C(F)(F)F)nc1. The van der Waals surface area contributed by atoms with E-state index in [0.717, 1.165) is 30.1 Å². The van der Waals surface area contributed by atoms with Crippen molar-refractivity contribution in [3.05, 3.63) is 53.1 Å². The summed E-state index contributed by atoms with van der Waals surface area (Å²) in [6.45, 7) is 1.02. The highest BCUT2D eigenvalue weighted by atomic mass is 19.4. The summed E-state index contributed by atoms with van der Waals surface area (Å²) in [7, 11) is 0. The van der Waals surface area contributed by atoms with E-state index < -0.39 is 18.0 Å². The molecule has 1 N–H and O–H groups in total. The van der Waals surface area contributed by atoms with Crippen molar-refractivity contribution in [2.24, 2.45) is 0 Å². The van der Waals surface area contributed by atoms with Gasteiger partial charge in [0.25, 0.3) is 0 Å². The van der Waals surface area contributed by atoms with E-state index in [1.54, 1.807) is 12.1 Å². The van der Waals surface area contributed by atoms with Gasteiger partial charge in [-0.3, -0.25) is 0 Å². The number of carboxylic acids is 1. The second-order valence-electron chi connectivity index (χ2n) is 5.55. The molecule has 0 bridgehead atoms. The van der Waals surface area contributed by atoms with E-state index in [1.807, 2.05) is 11.0 Å². The summed E-state index contributed by atoms with van der Waals surface area (Å²) < 4.78 is 37.5. The monoisotopic (exact) mass is 337 g/mol. The molecule has 1 aliphatic heterocycles. The van der Waals surface area contributed by atoms with Crippen LogP contribution in [0.25, 0.3) is 0 Å². The van der Waals surface area contributed by atoms with Gasteiger partial charge in [-0.15, -0.1) is 0 Å². The summed E-state index contributed by atoms with van der Waals surface area (Å²) >= 11 is 0. The fourth-order valence-electron chi connectivity index (χ4n) is 2.87. The van der Waals surface area contributed by atoms with Crippen molar-refractivity contribution in [1.29, 1.82) is 0 Å². The van der Waals surface area contributed by atoms with Gasteiger partial charge in [0.15, 0.2) is 0 Å². The number of hydrogen-bond acceptors (Lipinski definition) is 4. The molecule has 126 valence electrons. The van der Waals surface area contributed by atoms with Crippen LogP contribution in [0.1, 0.15) is 33.7 Å². The highest BCUT2D eigenvalue weighted by Gasteiger charge is 2.34. The molecular weight excluding hydrogens is 323 g/mol. The third-order valence-corrected chi connectivity index (χ3v) is 3.91. The van der Waals surface area contributed by atoms with Gasteiger partial charge in [-0.25, -0.2) is 14.8 Å². The topological polar surface area (TPSA) is 66.3 Å². The van der Waals surface area contributed by atoms with E-state index in [4.69, 9.17) is 0 Å². The molecule has 0 saturated heterocycles. The summed E-state index contributed by atoms with van der Waals surface area (Å²) in [6, 6.07) is 5.06. The third kappa shape index (κ3) is 3.17. The number of halogens is 3. The van der Waals surface area contributed by atoms with Crippen molar-refractivity contribution < 1.29 is 23.1 Å². The van der Waals surface area contributed by atoms with Crippen molar-refractivity contribution in [3.8, 4) is 0 Å². The van der Waals surface area contributed by atoms with Crippen LogP contribution < -0.4 is 4.90 Å². The highest BCUT2D eigenvalue weighted by Crippen LogP contribution is 2.31. The standard InChI is InChI=1S/C16H14F3N3O2/c17-16(18,19)15-20-7-10(8-21-15)9-22-6-2-4-11-12(14(23)24)3-1-5-13(11)22/h1,3,5,7-8H,2,4,6,9H2,(H,23,24). The molecule has 0 radical (unpaired) electrons. The number of hydrogen-bond donors (Lipinski definition) is 1. The Labute approximate surface area is 135 Å². The number of fused-ring (bicyclic) bond motifs is 1. The van der Waals surface area contributed by atoms with E-state index >= 15 is 0 Å². The van der Waals surface area contributed by atoms with Gasteiger partial charge in [-0.2, -0.15) is 13.2 Å². The van der Waals surface area contributed by atoms with Crippen molar-refractivity contribution in [2.45, 2.75) is 25.6 Å². The third-order valence-electron chi connectivity index (χ3n) is 3.91. The maximum absolute atomic E-state index is 12.5. The summed E-state index contributed by atoms with van der Waals surface area (Å²) in [4.78, 5) is 20.0. The number of aromatic nitrogens is 2. The lowest BCUT2D eigenvalue weighted by Crippen LogP contribution is -2.30. The number of nitrogens with zero attached hydrogens (tertiary/aromatic N) is 3. The number of anilines is 1. The smallest absolute Gasteiger partial charge is 0.451 e. The zero-order valence-electron chi connectivity index (χ0n) is 12.5. The fourth-order valence-corrected chi connectivity index (χ4v) is 2.87. The van der Waals surface area contributed by atoms with Crippen LogP contribution >= 0.6 is 0 Å². The molecule has 3 rings (SSSR count). The number of carboxylic acid groups (broad SMARTS) is 1. The second kappa shape index (κ2) is 6.10. The van der Waals surface area contributed by atoms with Gasteiger partial charge < -0.3 is 10.0 Å². The molecule has 2 aromatic rings. The summed E-state index contributed by atoms with van der Waals surface area (Å²) in [5, 5.41) is 9.28. The predicted molar refractivity (Wildman–Crippen MR) is 79.8 cm³/mol. The zero-order chi connectivity index (χ0) is 17.3. The number of aromatic carboxylic acids is 1. The van der Waals surface area contributed by atoms with Gasteiger partial charge in [0.1, 0.15) is 0 Å². The minimum Gasteiger partial charge on any atom is -0.478 e. The fraction of sp³-hybridized carbons (Fsp3) is 0.312. The Hall–Kier alpha value is -2.64. The number of benzene rings is 1. The Morgan fingerprint density at radius 3 is 2.58 bits per heavy atom. The lowest BCUT2D eigenvalue weighted by molar-refractivity contribution is -0.145. The number of carbonyl (C=O) groups is 1. The average molecular weight is 337 g/mol. The molecule has 1 aliphatic rings. The van der Waals surface area contributed by atoms with Gasteiger partial charge in [-0.1, -0.05) is 6.07 Å². The van der Waals surface area contributed by atoms with Crippen LogP contribution in [0.3, 0.4) is 0 Å². The van der Waals surface area contributed by atoms with Gasteiger partial charge in [0.05, 0.1) is 5.56 Å². The van der Waals surface area contributed by atoms with Crippen LogP contribution in [0.4, 0.5) is 18.9 Å². The quantitative estimate of drug-likeness (QED) is 0.932. The second-order valence-corrected chi connectivity index (χ2v) is 5.55. The molecule has 2 heterocycles. The molecule has 0 aliphatic carbocycles. The van der Waals surface area contributed by atoms with E-state index in [1.165, 1.54) is 0 Å². The molecule has 8 heteroatoms. The Morgan fingerprint density at radius 1 is 1.25 bits per heavy atom. The normalized spacial score (nSPS) is 14.4. The van der Waals surface area contributed by atoms with Crippen LogP contribution in [-0.2, 0) is 19.1 Å². The van der Waals surface area contributed by atoms with Crippen molar-refractivity contribution in [2.75, 3.05) is 11.4 Å². The minimum absolute atomic E-state index is 0.265. The first-order valence-corrected chi connectivity index (χ1v) is 7.34. The largest absolute Gasteiger partial charge is 0.478 e. The molecule has 0 unspecified atom stereocenters. The van der Waals surface area contributed by atoms with E-state index in [9.17, 15) is 23.1 Å². The Bertz CT molecular complexity index is 760. The van der Waals surface area contributed by atoms with Crippen LogP contribution in [0.15, 0.2) is 30.6 Å². The highest BCUT2D eigenvalue weighted by molar-refractivity contribution is 5.91. The zero-order valence-corrected chi connectivity index (χ0v) is 12.5. The molecule has 0 amide bonds. The van der Waals surface area contributed by atoms with Gasteiger partial charge in [0.2, 0.25) is 5.82 Å². The minimum atomic E-state index is -4.56. The van der Waals surface area contributed by atoms with Crippen LogP contribution in [-0.4, -0.2) is 27.6 Å². The van der Waals surface area contributed by atoms with Gasteiger partial charge in [0, 0.05) is 36.7 Å². The van der Waals surface area contributed by atoms with Crippen LogP contribution in [0.5, 0.6) is 0 Å². The summed E-state index contributed by atoms with van der Waals surface area (Å²) in [5.41, 5.74) is 2.35. The Balaban J connectivity index is 1.86. The van der Waals surface area contributed by atoms with Crippen molar-refractivity contribution >= 4 is 11.7 Å². The van der Waals surface area contributed by atoms with Crippen molar-refractivity contribution in [3.63, 3.8) is 0 Å². The first-order chi connectivity index (χ1) is 11.4. The summed E-state index contributed by atoms with van der Waals surface area (Å²) in [5.74, 6) is -2.15. The van der Waals surface area contributed by atoms with Crippen molar-refractivity contribution in [1.82, 2.24) is 9.97 Å². The van der Waals surface area contributed by atoms with E-state index in [-0.39, 0.29) is 5.56 Å². The summed E-state index contributed by atoms with van der Waals surface area (Å²) in [6.07, 6.45) is -0.806. The maximum Gasteiger partial charge on any atom is 0.451 e. The molecule has 5 nitrogen and oxygen atoms in total. The molecular formula is C16H14F3N3O2. The molecule has 0 saturated carbocycles.